The maximum absolute atomic E-state index is 12.0. The molecule has 0 aliphatic heterocycles. The number of thiophene rings is 1. The highest BCUT2D eigenvalue weighted by molar-refractivity contribution is 7.10. The Kier molecular flexibility index (Phi) is 7.76. The van der Waals surface area contributed by atoms with Crippen molar-refractivity contribution in [3.63, 3.8) is 0 Å². The number of carbonyl (C=O) groups is 1. The van der Waals surface area contributed by atoms with Gasteiger partial charge < -0.3 is 19.7 Å². The Morgan fingerprint density at radius 3 is 2.44 bits per heavy atom. The highest BCUT2D eigenvalue weighted by Crippen LogP contribution is 2.17. The van der Waals surface area contributed by atoms with E-state index in [2.05, 4.69) is 23.7 Å². The normalized spacial score (nSPS) is 11.8. The van der Waals surface area contributed by atoms with E-state index >= 15 is 0 Å². The monoisotopic (exact) mass is 363 g/mol. The summed E-state index contributed by atoms with van der Waals surface area (Å²) < 4.78 is 11.0. The van der Waals surface area contributed by atoms with Crippen molar-refractivity contribution in [1.82, 2.24) is 5.32 Å². The number of quaternary nitrogens is 1. The molecule has 1 aromatic carbocycles. The maximum atomic E-state index is 12.0. The standard InChI is InChI=1S/C19H26N2O3S/c1-4-23-16-5-7-17(8-6-16)24-11-10-20-19(22)14-21(3)13-18-15(2)9-12-25-18/h5-9,12H,4,10-11,13-14H2,1-3H3,(H,20,22)/p+1. The lowest BCUT2D eigenvalue weighted by atomic mass is 10.3. The summed E-state index contributed by atoms with van der Waals surface area (Å²) in [7, 11) is 2.04. The average Bonchev–Trinajstić information content (AvgIpc) is 2.98. The average molecular weight is 364 g/mol. The van der Waals surface area contributed by atoms with E-state index in [9.17, 15) is 4.79 Å². The number of likely N-dealkylation sites (N-methyl/N-ethyl adjacent to an activating group) is 1. The highest BCUT2D eigenvalue weighted by atomic mass is 32.1. The van der Waals surface area contributed by atoms with E-state index < -0.39 is 0 Å². The molecule has 0 aliphatic rings. The molecule has 0 saturated carbocycles. The van der Waals surface area contributed by atoms with Crippen LogP contribution in [0.25, 0.3) is 0 Å². The van der Waals surface area contributed by atoms with E-state index in [4.69, 9.17) is 9.47 Å². The zero-order valence-corrected chi connectivity index (χ0v) is 15.9. The van der Waals surface area contributed by atoms with Gasteiger partial charge in [0.25, 0.3) is 5.91 Å². The van der Waals surface area contributed by atoms with Crippen LogP contribution in [0.3, 0.4) is 0 Å². The summed E-state index contributed by atoms with van der Waals surface area (Å²) in [5, 5.41) is 5.00. The molecule has 0 aliphatic carbocycles. The first-order chi connectivity index (χ1) is 12.1. The number of rotatable bonds is 10. The number of ether oxygens (including phenoxy) is 2. The molecule has 0 bridgehead atoms. The SMILES string of the molecule is CCOc1ccc(OCCNC(=O)C[NH+](C)Cc2sccc2C)cc1. The van der Waals surface area contributed by atoms with Gasteiger partial charge in [-0.05, 0) is 55.1 Å². The molecule has 1 heterocycles. The lowest BCUT2D eigenvalue weighted by molar-refractivity contribution is -0.885. The summed E-state index contributed by atoms with van der Waals surface area (Å²) in [6.45, 7) is 6.99. The van der Waals surface area contributed by atoms with Crippen molar-refractivity contribution in [2.24, 2.45) is 0 Å². The topological polar surface area (TPSA) is 52.0 Å². The van der Waals surface area contributed by atoms with Crippen LogP contribution in [0.1, 0.15) is 17.4 Å². The molecule has 5 nitrogen and oxygen atoms in total. The molecule has 6 heteroatoms. The van der Waals surface area contributed by atoms with Crippen LogP contribution in [-0.4, -0.2) is 39.3 Å². The number of benzene rings is 1. The molecule has 0 fully saturated rings. The van der Waals surface area contributed by atoms with Crippen LogP contribution >= 0.6 is 11.3 Å². The van der Waals surface area contributed by atoms with E-state index in [0.29, 0.717) is 26.3 Å². The number of aryl methyl sites for hydroxylation is 1. The van der Waals surface area contributed by atoms with E-state index in [1.54, 1.807) is 11.3 Å². The van der Waals surface area contributed by atoms with E-state index in [1.807, 2.05) is 38.2 Å². The number of nitrogens with one attached hydrogen (secondary N) is 2. The molecule has 136 valence electrons. The minimum atomic E-state index is 0.0435. The maximum Gasteiger partial charge on any atom is 0.275 e. The van der Waals surface area contributed by atoms with Gasteiger partial charge in [-0.3, -0.25) is 4.79 Å². The van der Waals surface area contributed by atoms with Crippen LogP contribution in [0.4, 0.5) is 0 Å². The van der Waals surface area contributed by atoms with Gasteiger partial charge >= 0.3 is 0 Å². The van der Waals surface area contributed by atoms with Crippen LogP contribution < -0.4 is 19.7 Å². The Labute approximate surface area is 153 Å². The molecule has 2 aromatic rings. The Morgan fingerprint density at radius 1 is 1.16 bits per heavy atom. The van der Waals surface area contributed by atoms with Gasteiger partial charge in [-0.1, -0.05) is 0 Å². The molecule has 1 unspecified atom stereocenters. The Bertz CT molecular complexity index is 655. The number of hydrogen-bond donors (Lipinski definition) is 2. The molecule has 1 amide bonds. The van der Waals surface area contributed by atoms with E-state index in [0.717, 1.165) is 18.0 Å². The smallest absolute Gasteiger partial charge is 0.275 e. The Hall–Kier alpha value is -2.05. The summed E-state index contributed by atoms with van der Waals surface area (Å²) in [6.07, 6.45) is 0. The van der Waals surface area contributed by atoms with Crippen LogP contribution in [0.5, 0.6) is 11.5 Å². The third-order valence-electron chi connectivity index (χ3n) is 3.72. The molecule has 1 aromatic heterocycles. The third-order valence-corrected chi connectivity index (χ3v) is 4.74. The second kappa shape index (κ2) is 10.1. The molecular formula is C19H27N2O3S+. The first-order valence-corrected chi connectivity index (χ1v) is 9.43. The number of carbonyl (C=O) groups excluding carboxylic acids is 1. The second-order valence-electron chi connectivity index (χ2n) is 5.94. The second-order valence-corrected chi connectivity index (χ2v) is 6.94. The van der Waals surface area contributed by atoms with Gasteiger partial charge in [0.1, 0.15) is 24.7 Å². The molecule has 1 atom stereocenters. The summed E-state index contributed by atoms with van der Waals surface area (Å²) in [4.78, 5) is 14.5. The van der Waals surface area contributed by atoms with Crippen molar-refractivity contribution >= 4 is 17.2 Å². The first kappa shape index (κ1) is 19.3. The van der Waals surface area contributed by atoms with Crippen molar-refractivity contribution in [2.45, 2.75) is 20.4 Å². The van der Waals surface area contributed by atoms with Crippen molar-refractivity contribution in [3.8, 4) is 11.5 Å². The van der Waals surface area contributed by atoms with Crippen LogP contribution in [0.2, 0.25) is 0 Å². The predicted molar refractivity (Wildman–Crippen MR) is 101 cm³/mol. The lowest BCUT2D eigenvalue weighted by Gasteiger charge is -2.14. The van der Waals surface area contributed by atoms with Gasteiger partial charge in [0, 0.05) is 0 Å². The largest absolute Gasteiger partial charge is 0.494 e. The first-order valence-electron chi connectivity index (χ1n) is 8.55. The van der Waals surface area contributed by atoms with Crippen molar-refractivity contribution in [3.05, 3.63) is 46.2 Å². The summed E-state index contributed by atoms with van der Waals surface area (Å²) >= 11 is 1.75. The molecule has 0 saturated heterocycles. The van der Waals surface area contributed by atoms with Gasteiger partial charge in [-0.15, -0.1) is 11.3 Å². The molecule has 25 heavy (non-hydrogen) atoms. The van der Waals surface area contributed by atoms with Crippen LogP contribution in [-0.2, 0) is 11.3 Å². The summed E-state index contributed by atoms with van der Waals surface area (Å²) in [5.41, 5.74) is 1.30. The van der Waals surface area contributed by atoms with Gasteiger partial charge in [0.05, 0.1) is 25.1 Å². The van der Waals surface area contributed by atoms with E-state index in [1.165, 1.54) is 15.3 Å². The van der Waals surface area contributed by atoms with Gasteiger partial charge in [0.15, 0.2) is 6.54 Å². The molecule has 2 N–H and O–H groups in total. The van der Waals surface area contributed by atoms with Crippen molar-refractivity contribution in [2.75, 3.05) is 33.4 Å². The lowest BCUT2D eigenvalue weighted by Crippen LogP contribution is -3.08. The quantitative estimate of drug-likeness (QED) is 0.632. The zero-order valence-electron chi connectivity index (χ0n) is 15.1. The van der Waals surface area contributed by atoms with Gasteiger partial charge in [0.2, 0.25) is 0 Å². The molecular weight excluding hydrogens is 336 g/mol. The van der Waals surface area contributed by atoms with Gasteiger partial charge in [-0.25, -0.2) is 0 Å². The number of hydrogen-bond acceptors (Lipinski definition) is 4. The number of amides is 1. The van der Waals surface area contributed by atoms with Crippen LogP contribution in [0.15, 0.2) is 35.7 Å². The summed E-state index contributed by atoms with van der Waals surface area (Å²) in [6, 6.07) is 9.61. The fourth-order valence-electron chi connectivity index (χ4n) is 2.42. The molecule has 0 spiro atoms. The Balaban J connectivity index is 1.62. The Morgan fingerprint density at radius 2 is 1.84 bits per heavy atom. The summed E-state index contributed by atoms with van der Waals surface area (Å²) in [5.74, 6) is 1.64. The fraction of sp³-hybridized carbons (Fsp3) is 0.421. The van der Waals surface area contributed by atoms with Crippen LogP contribution in [0, 0.1) is 6.92 Å². The zero-order chi connectivity index (χ0) is 18.1. The van der Waals surface area contributed by atoms with E-state index in [-0.39, 0.29) is 5.91 Å². The molecule has 2 rings (SSSR count). The minimum Gasteiger partial charge on any atom is -0.494 e. The fourth-order valence-corrected chi connectivity index (χ4v) is 3.44. The van der Waals surface area contributed by atoms with Crippen molar-refractivity contribution < 1.29 is 19.2 Å². The minimum absolute atomic E-state index is 0.0435. The van der Waals surface area contributed by atoms with Crippen molar-refractivity contribution in [1.29, 1.82) is 0 Å². The molecule has 0 radical (unpaired) electrons. The third kappa shape index (κ3) is 6.76. The highest BCUT2D eigenvalue weighted by Gasteiger charge is 2.12. The predicted octanol–water partition coefficient (Wildman–Crippen LogP) is 1.67. The van der Waals surface area contributed by atoms with Gasteiger partial charge in [-0.2, -0.15) is 0 Å².